The number of halogens is 1. The molecule has 1 amide bonds. The van der Waals surface area contributed by atoms with E-state index < -0.39 is 10.0 Å². The Morgan fingerprint density at radius 1 is 1.14 bits per heavy atom. The van der Waals surface area contributed by atoms with Crippen molar-refractivity contribution >= 4 is 37.5 Å². The number of benzene rings is 2. The Hall–Kier alpha value is -1.86. The fourth-order valence-corrected chi connectivity index (χ4v) is 4.79. The van der Waals surface area contributed by atoms with Crippen LogP contribution in [0.1, 0.15) is 42.5 Å². The first-order valence-electron chi connectivity index (χ1n) is 9.38. The van der Waals surface area contributed by atoms with Crippen molar-refractivity contribution < 1.29 is 13.2 Å². The number of aryl methyl sites for hydroxylation is 2. The number of hydrogen-bond acceptors (Lipinski definition) is 3. The lowest BCUT2D eigenvalue weighted by atomic mass is 9.89. The molecule has 28 heavy (non-hydrogen) atoms. The van der Waals surface area contributed by atoms with Gasteiger partial charge in [-0.25, -0.2) is 8.42 Å². The molecule has 1 aliphatic rings. The maximum absolute atomic E-state index is 12.6. The predicted molar refractivity (Wildman–Crippen MR) is 116 cm³/mol. The van der Waals surface area contributed by atoms with Crippen LogP contribution in [0.4, 0.5) is 5.69 Å². The van der Waals surface area contributed by atoms with Crippen LogP contribution in [0.25, 0.3) is 0 Å². The minimum Gasteiger partial charge on any atom is -0.348 e. The molecular weight excluding hydrogens is 440 g/mol. The molecular formula is C21H25BrN2O3S. The first-order valence-corrected chi connectivity index (χ1v) is 12.0. The molecule has 0 aliphatic heterocycles. The number of carbonyl (C=O) groups is 1. The Balaban J connectivity index is 1.72. The number of fused-ring (bicyclic) bond motifs is 1. The van der Waals surface area contributed by atoms with Crippen LogP contribution in [0.15, 0.2) is 46.9 Å². The van der Waals surface area contributed by atoms with Gasteiger partial charge in [0.1, 0.15) is 6.54 Å². The second-order valence-corrected chi connectivity index (χ2v) is 10.1. The molecule has 7 heteroatoms. The SMILES string of the molecule is C[C@H](NC(=O)CN(c1cccc(Br)c1)S(C)(=O)=O)c1ccc2c(c1)CCCC2. The van der Waals surface area contributed by atoms with Gasteiger partial charge in [-0.3, -0.25) is 9.10 Å². The van der Waals surface area contributed by atoms with Gasteiger partial charge in [-0.15, -0.1) is 0 Å². The third-order valence-electron chi connectivity index (χ3n) is 5.03. The van der Waals surface area contributed by atoms with E-state index in [4.69, 9.17) is 0 Å². The highest BCUT2D eigenvalue weighted by Gasteiger charge is 2.22. The predicted octanol–water partition coefficient (Wildman–Crippen LogP) is 3.97. The van der Waals surface area contributed by atoms with E-state index in [2.05, 4.69) is 39.4 Å². The average molecular weight is 465 g/mol. The molecule has 0 saturated carbocycles. The second-order valence-electron chi connectivity index (χ2n) is 7.27. The first-order chi connectivity index (χ1) is 13.2. The highest BCUT2D eigenvalue weighted by molar-refractivity contribution is 9.10. The molecule has 1 N–H and O–H groups in total. The van der Waals surface area contributed by atoms with Crippen molar-refractivity contribution in [3.63, 3.8) is 0 Å². The summed E-state index contributed by atoms with van der Waals surface area (Å²) in [5.74, 6) is -0.337. The minimum atomic E-state index is -3.59. The fraction of sp³-hybridized carbons (Fsp3) is 0.381. The smallest absolute Gasteiger partial charge is 0.241 e. The van der Waals surface area contributed by atoms with E-state index in [1.54, 1.807) is 18.2 Å². The number of nitrogens with zero attached hydrogens (tertiary/aromatic N) is 1. The van der Waals surface area contributed by atoms with Gasteiger partial charge in [0.25, 0.3) is 0 Å². The quantitative estimate of drug-likeness (QED) is 0.702. The van der Waals surface area contributed by atoms with Crippen molar-refractivity contribution in [1.82, 2.24) is 5.32 Å². The first kappa shape index (κ1) is 20.9. The molecule has 1 atom stereocenters. The van der Waals surface area contributed by atoms with E-state index in [0.717, 1.165) is 33.4 Å². The van der Waals surface area contributed by atoms with Gasteiger partial charge in [0, 0.05) is 4.47 Å². The summed E-state index contributed by atoms with van der Waals surface area (Å²) in [6.45, 7) is 1.66. The minimum absolute atomic E-state index is 0.191. The number of anilines is 1. The van der Waals surface area contributed by atoms with E-state index in [1.165, 1.54) is 24.0 Å². The molecule has 0 radical (unpaired) electrons. The fourth-order valence-electron chi connectivity index (χ4n) is 3.55. The van der Waals surface area contributed by atoms with E-state index in [9.17, 15) is 13.2 Å². The second kappa shape index (κ2) is 8.66. The van der Waals surface area contributed by atoms with E-state index >= 15 is 0 Å². The third-order valence-corrected chi connectivity index (χ3v) is 6.67. The van der Waals surface area contributed by atoms with E-state index in [1.807, 2.05) is 13.0 Å². The van der Waals surface area contributed by atoms with Crippen molar-refractivity contribution in [2.75, 3.05) is 17.1 Å². The summed E-state index contributed by atoms with van der Waals surface area (Å²) in [7, 11) is -3.59. The zero-order valence-electron chi connectivity index (χ0n) is 16.1. The van der Waals surface area contributed by atoms with Crippen molar-refractivity contribution in [3.8, 4) is 0 Å². The lowest BCUT2D eigenvalue weighted by molar-refractivity contribution is -0.120. The Kier molecular flexibility index (Phi) is 6.45. The Morgan fingerprint density at radius 2 is 1.86 bits per heavy atom. The number of nitrogens with one attached hydrogen (secondary N) is 1. The lowest BCUT2D eigenvalue weighted by Gasteiger charge is -2.24. The summed E-state index contributed by atoms with van der Waals surface area (Å²) < 4.78 is 26.3. The Labute approximate surface area is 175 Å². The van der Waals surface area contributed by atoms with Gasteiger partial charge in [-0.1, -0.05) is 40.2 Å². The highest BCUT2D eigenvalue weighted by atomic mass is 79.9. The summed E-state index contributed by atoms with van der Waals surface area (Å²) in [6.07, 6.45) is 5.73. The molecule has 0 saturated heterocycles. The molecule has 0 fully saturated rings. The summed E-state index contributed by atoms with van der Waals surface area (Å²) in [4.78, 5) is 12.6. The van der Waals surface area contributed by atoms with E-state index in [-0.39, 0.29) is 18.5 Å². The summed E-state index contributed by atoms with van der Waals surface area (Å²) in [5, 5.41) is 2.93. The Bertz CT molecular complexity index is 975. The topological polar surface area (TPSA) is 66.5 Å². The maximum atomic E-state index is 12.6. The monoisotopic (exact) mass is 464 g/mol. The molecule has 2 aromatic rings. The number of rotatable bonds is 6. The van der Waals surface area contributed by atoms with Crippen molar-refractivity contribution in [1.29, 1.82) is 0 Å². The highest BCUT2D eigenvalue weighted by Crippen LogP contribution is 2.25. The van der Waals surface area contributed by atoms with Gasteiger partial charge < -0.3 is 5.32 Å². The zero-order valence-corrected chi connectivity index (χ0v) is 18.5. The van der Waals surface area contributed by atoms with Gasteiger partial charge in [-0.05, 0) is 67.5 Å². The molecule has 0 heterocycles. The standard InChI is InChI=1S/C21H25BrN2O3S/c1-15(17-11-10-16-6-3-4-7-18(16)12-17)23-21(25)14-24(28(2,26)27)20-9-5-8-19(22)13-20/h5,8-13,15H,3-4,6-7,14H2,1-2H3,(H,23,25)/t15-/m0/s1. The zero-order chi connectivity index (χ0) is 20.3. The number of sulfonamides is 1. The molecule has 0 aromatic heterocycles. The normalized spacial score (nSPS) is 14.8. The van der Waals surface area contributed by atoms with Crippen LogP contribution in [0.3, 0.4) is 0 Å². The average Bonchev–Trinajstić information content (AvgIpc) is 2.64. The Morgan fingerprint density at radius 3 is 2.54 bits per heavy atom. The number of amides is 1. The van der Waals surface area contributed by atoms with Crippen LogP contribution in [-0.4, -0.2) is 27.1 Å². The maximum Gasteiger partial charge on any atom is 0.241 e. The van der Waals surface area contributed by atoms with Crippen LogP contribution in [-0.2, 0) is 27.7 Å². The van der Waals surface area contributed by atoms with Crippen molar-refractivity contribution in [2.45, 2.75) is 38.6 Å². The molecule has 5 nitrogen and oxygen atoms in total. The van der Waals surface area contributed by atoms with Gasteiger partial charge in [0.05, 0.1) is 18.0 Å². The number of carbonyl (C=O) groups excluding carboxylic acids is 1. The van der Waals surface area contributed by atoms with Gasteiger partial charge >= 0.3 is 0 Å². The van der Waals surface area contributed by atoms with Gasteiger partial charge in [0.15, 0.2) is 0 Å². The molecule has 0 unspecified atom stereocenters. The van der Waals surface area contributed by atoms with Crippen LogP contribution in [0.2, 0.25) is 0 Å². The van der Waals surface area contributed by atoms with Gasteiger partial charge in [-0.2, -0.15) is 0 Å². The molecule has 0 spiro atoms. The lowest BCUT2D eigenvalue weighted by Crippen LogP contribution is -2.41. The molecule has 3 rings (SSSR count). The van der Waals surface area contributed by atoms with Crippen LogP contribution in [0.5, 0.6) is 0 Å². The van der Waals surface area contributed by atoms with Crippen LogP contribution in [0, 0.1) is 0 Å². The summed E-state index contributed by atoms with van der Waals surface area (Å²) in [5.41, 5.74) is 4.25. The summed E-state index contributed by atoms with van der Waals surface area (Å²) in [6, 6.07) is 13.1. The molecule has 0 bridgehead atoms. The van der Waals surface area contributed by atoms with Crippen LogP contribution < -0.4 is 9.62 Å². The third kappa shape index (κ3) is 5.14. The molecule has 1 aliphatic carbocycles. The van der Waals surface area contributed by atoms with Crippen molar-refractivity contribution in [3.05, 3.63) is 63.6 Å². The van der Waals surface area contributed by atoms with E-state index in [0.29, 0.717) is 5.69 Å². The largest absolute Gasteiger partial charge is 0.348 e. The molecule has 150 valence electrons. The summed E-state index contributed by atoms with van der Waals surface area (Å²) >= 11 is 3.34. The molecule has 2 aromatic carbocycles. The van der Waals surface area contributed by atoms with Crippen LogP contribution >= 0.6 is 15.9 Å². The number of hydrogen-bond donors (Lipinski definition) is 1. The van der Waals surface area contributed by atoms with Gasteiger partial charge in [0.2, 0.25) is 15.9 Å². The van der Waals surface area contributed by atoms with Crippen molar-refractivity contribution in [2.24, 2.45) is 0 Å².